The number of aliphatic carboxylic acids is 1. The van der Waals surface area contributed by atoms with E-state index in [1.54, 1.807) is 0 Å². The molecule has 1 N–H and O–H groups in total. The molecule has 0 spiro atoms. The largest absolute Gasteiger partial charge is 0.479 e. The number of rotatable bonds is 4. The normalized spacial score (nSPS) is 17.2. The molecule has 1 heterocycles. The van der Waals surface area contributed by atoms with Crippen molar-refractivity contribution in [1.29, 1.82) is 0 Å². The second-order valence-electron chi connectivity index (χ2n) is 5.16. The molecule has 7 nitrogen and oxygen atoms in total. The Balaban J connectivity index is 2.27. The van der Waals surface area contributed by atoms with Crippen LogP contribution in [0, 0.1) is 10.1 Å². The van der Waals surface area contributed by atoms with Gasteiger partial charge in [-0.1, -0.05) is 30.6 Å². The molecule has 1 aliphatic carbocycles. The van der Waals surface area contributed by atoms with Gasteiger partial charge in [0.25, 0.3) is 5.91 Å². The molecule has 21 heavy (non-hydrogen) atoms. The molecular formula is C13H16N2O5S. The summed E-state index contributed by atoms with van der Waals surface area (Å²) >= 11 is 0.769. The average molecular weight is 312 g/mol. The number of carbonyl (C=O) groups is 2. The fraction of sp³-hybridized carbons (Fsp3) is 0.538. The summed E-state index contributed by atoms with van der Waals surface area (Å²) in [6.07, 6.45) is 3.31. The number of likely N-dealkylation sites (N-methyl/N-ethyl adjacent to an activating group) is 1. The Kier molecular flexibility index (Phi) is 4.26. The minimum atomic E-state index is -1.20. The summed E-state index contributed by atoms with van der Waals surface area (Å²) in [6, 6.07) is 2.64. The van der Waals surface area contributed by atoms with Crippen LogP contribution in [0.1, 0.15) is 41.8 Å². The summed E-state index contributed by atoms with van der Waals surface area (Å²) in [5.74, 6) is -1.48. The van der Waals surface area contributed by atoms with Crippen molar-refractivity contribution in [3.05, 3.63) is 27.1 Å². The minimum absolute atomic E-state index is 0.125. The Hall–Kier alpha value is -1.96. The van der Waals surface area contributed by atoms with Gasteiger partial charge in [-0.3, -0.25) is 14.9 Å². The van der Waals surface area contributed by atoms with Gasteiger partial charge in [0, 0.05) is 13.1 Å². The summed E-state index contributed by atoms with van der Waals surface area (Å²) in [5, 5.41) is 20.1. The summed E-state index contributed by atoms with van der Waals surface area (Å²) in [6.45, 7) is 0. The van der Waals surface area contributed by atoms with Crippen molar-refractivity contribution in [2.45, 2.75) is 37.6 Å². The summed E-state index contributed by atoms with van der Waals surface area (Å²) in [5.41, 5.74) is -1.20. The maximum Gasteiger partial charge on any atom is 0.329 e. The molecule has 1 aromatic rings. The van der Waals surface area contributed by atoms with E-state index < -0.39 is 22.3 Å². The Morgan fingerprint density at radius 3 is 2.43 bits per heavy atom. The van der Waals surface area contributed by atoms with Gasteiger partial charge >= 0.3 is 11.0 Å². The molecule has 1 aromatic heterocycles. The van der Waals surface area contributed by atoms with E-state index in [1.165, 1.54) is 24.1 Å². The van der Waals surface area contributed by atoms with Crippen molar-refractivity contribution < 1.29 is 19.6 Å². The maximum absolute atomic E-state index is 12.4. The molecule has 1 fully saturated rings. The van der Waals surface area contributed by atoms with Gasteiger partial charge < -0.3 is 10.0 Å². The topological polar surface area (TPSA) is 101 Å². The van der Waals surface area contributed by atoms with Gasteiger partial charge in [-0.15, -0.1) is 0 Å². The molecule has 1 aliphatic rings. The molecule has 0 aromatic carbocycles. The van der Waals surface area contributed by atoms with E-state index in [1.807, 2.05) is 0 Å². The first-order valence-electron chi connectivity index (χ1n) is 6.64. The lowest BCUT2D eigenvalue weighted by Crippen LogP contribution is -2.56. The van der Waals surface area contributed by atoms with Gasteiger partial charge in [0.15, 0.2) is 0 Å². The first-order valence-corrected chi connectivity index (χ1v) is 7.46. The van der Waals surface area contributed by atoms with E-state index in [0.717, 1.165) is 30.6 Å². The molecule has 114 valence electrons. The fourth-order valence-electron chi connectivity index (χ4n) is 2.73. The zero-order valence-electron chi connectivity index (χ0n) is 11.6. The molecular weight excluding hydrogens is 296 g/mol. The van der Waals surface area contributed by atoms with E-state index in [2.05, 4.69) is 0 Å². The third-order valence-corrected chi connectivity index (χ3v) is 5.03. The Labute approximate surface area is 125 Å². The molecule has 0 saturated heterocycles. The third kappa shape index (κ3) is 2.76. The molecule has 1 amide bonds. The Morgan fingerprint density at radius 2 is 1.95 bits per heavy atom. The SMILES string of the molecule is CN(C(=O)c1ccc([N+](=O)[O-])s1)C1(C(=O)O)CCCCC1. The quantitative estimate of drug-likeness (QED) is 0.680. The van der Waals surface area contributed by atoms with Crippen molar-refractivity contribution in [3.63, 3.8) is 0 Å². The van der Waals surface area contributed by atoms with Crippen LogP contribution in [0.15, 0.2) is 12.1 Å². The number of nitrogens with zero attached hydrogens (tertiary/aromatic N) is 2. The molecule has 2 rings (SSSR count). The van der Waals surface area contributed by atoms with Crippen LogP contribution < -0.4 is 0 Å². The van der Waals surface area contributed by atoms with Crippen LogP contribution in [0.4, 0.5) is 5.00 Å². The maximum atomic E-state index is 12.4. The monoisotopic (exact) mass is 312 g/mol. The molecule has 0 aliphatic heterocycles. The number of amides is 1. The molecule has 0 bridgehead atoms. The minimum Gasteiger partial charge on any atom is -0.479 e. The zero-order valence-corrected chi connectivity index (χ0v) is 12.4. The Morgan fingerprint density at radius 1 is 1.33 bits per heavy atom. The van der Waals surface area contributed by atoms with Gasteiger partial charge in [-0.25, -0.2) is 4.79 Å². The van der Waals surface area contributed by atoms with Crippen molar-refractivity contribution in [2.75, 3.05) is 7.05 Å². The molecule has 8 heteroatoms. The molecule has 0 radical (unpaired) electrons. The highest BCUT2D eigenvalue weighted by Gasteiger charge is 2.45. The zero-order chi connectivity index (χ0) is 15.6. The van der Waals surface area contributed by atoms with E-state index in [-0.39, 0.29) is 9.88 Å². The lowest BCUT2D eigenvalue weighted by Gasteiger charge is -2.40. The number of hydrogen-bond acceptors (Lipinski definition) is 5. The number of hydrogen-bond donors (Lipinski definition) is 1. The van der Waals surface area contributed by atoms with Gasteiger partial charge in [-0.05, 0) is 18.9 Å². The summed E-state index contributed by atoms with van der Waals surface area (Å²) in [4.78, 5) is 35.7. The van der Waals surface area contributed by atoms with Gasteiger partial charge in [0.2, 0.25) is 0 Å². The van der Waals surface area contributed by atoms with Crippen LogP contribution in [0.25, 0.3) is 0 Å². The third-order valence-electron chi connectivity index (χ3n) is 4.01. The standard InChI is InChI=1S/C13H16N2O5S/c1-14(13(12(17)18)7-3-2-4-8-13)11(16)9-5-6-10(21-9)15(19)20/h5-6H,2-4,7-8H2,1H3,(H,17,18). The number of carboxylic acid groups (broad SMARTS) is 1. The molecule has 0 atom stereocenters. The summed E-state index contributed by atoms with van der Waals surface area (Å²) in [7, 11) is 1.47. The number of thiophene rings is 1. The second kappa shape index (κ2) is 5.80. The van der Waals surface area contributed by atoms with Crippen LogP contribution in [0.3, 0.4) is 0 Å². The molecule has 0 unspecified atom stereocenters. The highest BCUT2D eigenvalue weighted by Crippen LogP contribution is 2.35. The smallest absolute Gasteiger partial charge is 0.329 e. The van der Waals surface area contributed by atoms with E-state index in [4.69, 9.17) is 0 Å². The average Bonchev–Trinajstić information content (AvgIpc) is 2.96. The van der Waals surface area contributed by atoms with Crippen LogP contribution in [-0.4, -0.2) is 39.4 Å². The van der Waals surface area contributed by atoms with Crippen LogP contribution >= 0.6 is 11.3 Å². The van der Waals surface area contributed by atoms with Crippen LogP contribution in [-0.2, 0) is 4.79 Å². The van der Waals surface area contributed by atoms with Crippen LogP contribution in [0.5, 0.6) is 0 Å². The summed E-state index contributed by atoms with van der Waals surface area (Å²) < 4.78 is 0. The first-order chi connectivity index (χ1) is 9.88. The highest BCUT2D eigenvalue weighted by atomic mass is 32.1. The number of nitro groups is 1. The lowest BCUT2D eigenvalue weighted by molar-refractivity contribution is -0.380. The van der Waals surface area contributed by atoms with E-state index >= 15 is 0 Å². The van der Waals surface area contributed by atoms with Crippen molar-refractivity contribution in [1.82, 2.24) is 4.90 Å². The van der Waals surface area contributed by atoms with Crippen molar-refractivity contribution in [2.24, 2.45) is 0 Å². The van der Waals surface area contributed by atoms with Crippen molar-refractivity contribution >= 4 is 28.2 Å². The molecule has 1 saturated carbocycles. The lowest BCUT2D eigenvalue weighted by atomic mass is 9.80. The number of carbonyl (C=O) groups excluding carboxylic acids is 1. The number of carboxylic acids is 1. The first kappa shape index (κ1) is 15.4. The van der Waals surface area contributed by atoms with Crippen LogP contribution in [0.2, 0.25) is 0 Å². The van der Waals surface area contributed by atoms with E-state index in [0.29, 0.717) is 12.8 Å². The van der Waals surface area contributed by atoms with Gasteiger partial charge in [-0.2, -0.15) is 0 Å². The second-order valence-corrected chi connectivity index (χ2v) is 6.22. The highest BCUT2D eigenvalue weighted by molar-refractivity contribution is 7.17. The van der Waals surface area contributed by atoms with E-state index in [9.17, 15) is 24.8 Å². The van der Waals surface area contributed by atoms with Gasteiger partial charge in [0.05, 0.1) is 9.80 Å². The van der Waals surface area contributed by atoms with Gasteiger partial charge in [0.1, 0.15) is 5.54 Å². The Bertz CT molecular complexity index is 577. The fourth-order valence-corrected chi connectivity index (χ4v) is 3.53. The predicted molar refractivity (Wildman–Crippen MR) is 76.5 cm³/mol. The predicted octanol–water partition coefficient (Wildman–Crippen LogP) is 2.52. The van der Waals surface area contributed by atoms with Crippen molar-refractivity contribution in [3.8, 4) is 0 Å².